The summed E-state index contributed by atoms with van der Waals surface area (Å²) in [6, 6.07) is 12.3. The quantitative estimate of drug-likeness (QED) is 0.552. The smallest absolute Gasteiger partial charge is 0.225 e. The van der Waals surface area contributed by atoms with Gasteiger partial charge in [-0.1, -0.05) is 24.3 Å². The molecule has 1 aliphatic rings. The van der Waals surface area contributed by atoms with Crippen molar-refractivity contribution in [1.29, 1.82) is 0 Å². The molecule has 0 amide bonds. The second kappa shape index (κ2) is 6.92. The molecule has 0 atom stereocenters. The van der Waals surface area contributed by atoms with Crippen molar-refractivity contribution in [2.24, 2.45) is 0 Å². The Bertz CT molecular complexity index is 1100. The fraction of sp³-hybridized carbons (Fsp3) is 0.238. The molecule has 28 heavy (non-hydrogen) atoms. The van der Waals surface area contributed by atoms with Crippen LogP contribution in [-0.2, 0) is 0 Å². The van der Waals surface area contributed by atoms with E-state index in [1.165, 1.54) is 5.56 Å². The van der Waals surface area contributed by atoms with Crippen LogP contribution < -0.4 is 9.80 Å². The second-order valence-electron chi connectivity index (χ2n) is 6.95. The van der Waals surface area contributed by atoms with Gasteiger partial charge in [0, 0.05) is 56.5 Å². The highest BCUT2D eigenvalue weighted by Gasteiger charge is 2.22. The summed E-state index contributed by atoms with van der Waals surface area (Å²) in [5.41, 5.74) is 4.38. The zero-order valence-corrected chi connectivity index (χ0v) is 15.7. The van der Waals surface area contributed by atoms with Crippen molar-refractivity contribution in [3.05, 3.63) is 66.7 Å². The number of aryl methyl sites for hydroxylation is 1. The van der Waals surface area contributed by atoms with E-state index in [0.717, 1.165) is 54.7 Å². The minimum absolute atomic E-state index is 0.791. The molecule has 1 aromatic carbocycles. The number of aromatic nitrogens is 5. The minimum Gasteiger partial charge on any atom is -0.351 e. The lowest BCUT2D eigenvalue weighted by molar-refractivity contribution is 0.634. The van der Waals surface area contributed by atoms with Gasteiger partial charge in [-0.25, -0.2) is 19.5 Å². The Morgan fingerprint density at radius 2 is 1.57 bits per heavy atom. The molecule has 0 unspecified atom stereocenters. The number of rotatable bonds is 3. The van der Waals surface area contributed by atoms with Crippen LogP contribution in [0.5, 0.6) is 0 Å². The van der Waals surface area contributed by atoms with E-state index in [1.807, 2.05) is 23.0 Å². The van der Waals surface area contributed by atoms with Crippen molar-refractivity contribution in [3.63, 3.8) is 0 Å². The van der Waals surface area contributed by atoms with Crippen molar-refractivity contribution in [2.75, 3.05) is 36.0 Å². The highest BCUT2D eigenvalue weighted by molar-refractivity contribution is 5.76. The molecule has 0 N–H and O–H groups in total. The molecule has 0 aliphatic carbocycles. The lowest BCUT2D eigenvalue weighted by atomic mass is 10.1. The van der Waals surface area contributed by atoms with Crippen molar-refractivity contribution in [2.45, 2.75) is 6.92 Å². The Morgan fingerprint density at radius 1 is 0.821 bits per heavy atom. The topological polar surface area (TPSA) is 62.5 Å². The van der Waals surface area contributed by atoms with E-state index < -0.39 is 0 Å². The van der Waals surface area contributed by atoms with E-state index in [0.29, 0.717) is 0 Å². The van der Waals surface area contributed by atoms with E-state index in [-0.39, 0.29) is 0 Å². The van der Waals surface area contributed by atoms with Gasteiger partial charge in [0.2, 0.25) is 5.95 Å². The molecule has 1 fully saturated rings. The fourth-order valence-corrected chi connectivity index (χ4v) is 3.72. The molecule has 7 nitrogen and oxygen atoms in total. The number of fused-ring (bicyclic) bond motifs is 1. The number of nitrogens with zero attached hydrogens (tertiary/aromatic N) is 7. The number of benzene rings is 1. The number of hydrogen-bond donors (Lipinski definition) is 0. The van der Waals surface area contributed by atoms with Gasteiger partial charge in [0.05, 0.1) is 5.69 Å². The predicted molar refractivity (Wildman–Crippen MR) is 110 cm³/mol. The molecule has 7 heteroatoms. The SMILES string of the molecule is Cc1ccccc1-c1cc2c(N3CCN(c4ncccn4)CC3)nccn2n1. The molecule has 140 valence electrons. The largest absolute Gasteiger partial charge is 0.351 e. The average molecular weight is 371 g/mol. The molecular weight excluding hydrogens is 350 g/mol. The summed E-state index contributed by atoms with van der Waals surface area (Å²) >= 11 is 0. The Labute approximate surface area is 163 Å². The van der Waals surface area contributed by atoms with Crippen molar-refractivity contribution < 1.29 is 0 Å². The summed E-state index contributed by atoms with van der Waals surface area (Å²) in [5, 5.41) is 4.78. The van der Waals surface area contributed by atoms with Crippen LogP contribution in [0.1, 0.15) is 5.56 Å². The van der Waals surface area contributed by atoms with Gasteiger partial charge in [-0.2, -0.15) is 5.10 Å². The molecule has 0 radical (unpaired) electrons. The van der Waals surface area contributed by atoms with Gasteiger partial charge < -0.3 is 9.80 Å². The zero-order valence-electron chi connectivity index (χ0n) is 15.7. The van der Waals surface area contributed by atoms with Gasteiger partial charge in [0.15, 0.2) is 5.82 Å². The molecule has 1 aliphatic heterocycles. The number of piperazine rings is 1. The lowest BCUT2D eigenvalue weighted by Crippen LogP contribution is -2.47. The maximum Gasteiger partial charge on any atom is 0.225 e. The highest BCUT2D eigenvalue weighted by atomic mass is 15.3. The third kappa shape index (κ3) is 2.94. The first-order chi connectivity index (χ1) is 13.8. The van der Waals surface area contributed by atoms with Crippen molar-refractivity contribution in [3.8, 4) is 11.3 Å². The summed E-state index contributed by atoms with van der Waals surface area (Å²) in [6.45, 7) is 5.59. The van der Waals surface area contributed by atoms with Crippen LogP contribution in [0.2, 0.25) is 0 Å². The first-order valence-electron chi connectivity index (χ1n) is 9.47. The van der Waals surface area contributed by atoms with Crippen LogP contribution >= 0.6 is 0 Å². The zero-order chi connectivity index (χ0) is 18.9. The van der Waals surface area contributed by atoms with Crippen LogP contribution in [0.3, 0.4) is 0 Å². The van der Waals surface area contributed by atoms with Crippen LogP contribution in [0.15, 0.2) is 61.2 Å². The standard InChI is InChI=1S/C21H21N7/c1-16-5-2-3-6-17(16)18-15-19-20(22-9-10-28(19)25-18)26-11-13-27(14-12-26)21-23-7-4-8-24-21/h2-10,15H,11-14H2,1H3. The molecule has 0 bridgehead atoms. The third-order valence-corrected chi connectivity index (χ3v) is 5.20. The maximum absolute atomic E-state index is 4.78. The molecule has 5 rings (SSSR count). The van der Waals surface area contributed by atoms with E-state index in [4.69, 9.17) is 5.10 Å². The van der Waals surface area contributed by atoms with E-state index in [2.05, 4.69) is 62.0 Å². The van der Waals surface area contributed by atoms with Crippen LogP contribution in [0.25, 0.3) is 16.8 Å². The monoisotopic (exact) mass is 371 g/mol. The Balaban J connectivity index is 1.43. The highest BCUT2D eigenvalue weighted by Crippen LogP contribution is 2.27. The van der Waals surface area contributed by atoms with Gasteiger partial charge in [0.1, 0.15) is 5.52 Å². The summed E-state index contributed by atoms with van der Waals surface area (Å²) in [6.07, 6.45) is 7.31. The van der Waals surface area contributed by atoms with E-state index >= 15 is 0 Å². The summed E-state index contributed by atoms with van der Waals surface area (Å²) in [5.74, 6) is 1.77. The Hall–Kier alpha value is -3.48. The Morgan fingerprint density at radius 3 is 2.36 bits per heavy atom. The maximum atomic E-state index is 4.78. The molecule has 1 saturated heterocycles. The third-order valence-electron chi connectivity index (χ3n) is 5.20. The average Bonchev–Trinajstić information content (AvgIpc) is 3.19. The predicted octanol–water partition coefficient (Wildman–Crippen LogP) is 2.82. The van der Waals surface area contributed by atoms with E-state index in [1.54, 1.807) is 12.4 Å². The van der Waals surface area contributed by atoms with Crippen LogP contribution in [0, 0.1) is 6.92 Å². The van der Waals surface area contributed by atoms with Gasteiger partial charge in [-0.3, -0.25) is 0 Å². The molecule has 0 saturated carbocycles. The van der Waals surface area contributed by atoms with Crippen LogP contribution in [-0.4, -0.2) is 50.7 Å². The summed E-state index contributed by atoms with van der Waals surface area (Å²) in [7, 11) is 0. The molecule has 4 aromatic rings. The van der Waals surface area contributed by atoms with Gasteiger partial charge in [0.25, 0.3) is 0 Å². The van der Waals surface area contributed by atoms with Crippen molar-refractivity contribution in [1.82, 2.24) is 24.6 Å². The first-order valence-corrected chi connectivity index (χ1v) is 9.47. The van der Waals surface area contributed by atoms with E-state index in [9.17, 15) is 0 Å². The normalized spacial score (nSPS) is 14.6. The van der Waals surface area contributed by atoms with Crippen LogP contribution in [0.4, 0.5) is 11.8 Å². The molecular formula is C21H21N7. The molecule has 0 spiro atoms. The number of hydrogen-bond acceptors (Lipinski definition) is 6. The van der Waals surface area contributed by atoms with Gasteiger partial charge in [-0.05, 0) is 24.6 Å². The summed E-state index contributed by atoms with van der Waals surface area (Å²) < 4.78 is 1.93. The first kappa shape index (κ1) is 16.7. The molecule has 3 aromatic heterocycles. The lowest BCUT2D eigenvalue weighted by Gasteiger charge is -2.35. The Kier molecular flexibility index (Phi) is 4.12. The number of anilines is 2. The summed E-state index contributed by atoms with van der Waals surface area (Å²) in [4.78, 5) is 17.9. The fourth-order valence-electron chi connectivity index (χ4n) is 3.72. The van der Waals surface area contributed by atoms with Gasteiger partial charge >= 0.3 is 0 Å². The van der Waals surface area contributed by atoms with Crippen molar-refractivity contribution >= 4 is 17.3 Å². The van der Waals surface area contributed by atoms with Gasteiger partial charge in [-0.15, -0.1) is 0 Å². The second-order valence-corrected chi connectivity index (χ2v) is 6.95. The molecule has 4 heterocycles. The minimum atomic E-state index is 0.791.